The van der Waals surface area contributed by atoms with Crippen molar-refractivity contribution in [2.24, 2.45) is 0 Å². The van der Waals surface area contributed by atoms with E-state index in [0.29, 0.717) is 0 Å². The number of hydrogen-bond acceptors (Lipinski definition) is 2. The normalized spacial score (nSPS) is 11.9. The monoisotopic (exact) mass is 604 g/mol. The zero-order valence-corrected chi connectivity index (χ0v) is 25.1. The van der Waals surface area contributed by atoms with Crippen molar-refractivity contribution in [3.05, 3.63) is 97.1 Å². The van der Waals surface area contributed by atoms with E-state index in [1.54, 1.807) is 0 Å². The van der Waals surface area contributed by atoms with E-state index in [1.807, 2.05) is 0 Å². The molecule has 0 radical (unpaired) electrons. The summed E-state index contributed by atoms with van der Waals surface area (Å²) in [7, 11) is 0. The van der Waals surface area contributed by atoms with E-state index in [2.05, 4.69) is 179 Å². The Bertz CT molecular complexity index is 1300. The van der Waals surface area contributed by atoms with Gasteiger partial charge in [-0.2, -0.15) is 0 Å². The average Bonchev–Trinajstić information content (AvgIpc) is 2.87. The highest BCUT2D eigenvalue weighted by molar-refractivity contribution is 9.10. The van der Waals surface area contributed by atoms with Crippen LogP contribution in [0.5, 0.6) is 0 Å². The molecule has 0 aliphatic rings. The molecule has 0 unspecified atom stereocenters. The van der Waals surface area contributed by atoms with Crippen LogP contribution in [0.15, 0.2) is 97.1 Å². The first-order chi connectivity index (χ1) is 17.0. The minimum Gasteiger partial charge on any atom is -0.304 e. The zero-order chi connectivity index (χ0) is 26.1. The molecule has 0 heterocycles. The topological polar surface area (TPSA) is 6.48 Å². The minimum atomic E-state index is -0.104. The van der Waals surface area contributed by atoms with Gasteiger partial charge in [0.15, 0.2) is 0 Å². The van der Waals surface area contributed by atoms with Crippen LogP contribution in [0.4, 0.5) is 11.4 Å². The van der Waals surface area contributed by atoms with E-state index in [0.717, 1.165) is 11.4 Å². The summed E-state index contributed by atoms with van der Waals surface area (Å²) in [6.45, 7) is 13.2. The molecule has 4 rings (SSSR count). The van der Waals surface area contributed by atoms with E-state index in [-0.39, 0.29) is 11.1 Å². The predicted octanol–water partition coefficient (Wildman–Crippen LogP) is 10.5. The molecule has 0 aliphatic heterocycles. The van der Waals surface area contributed by atoms with Gasteiger partial charge < -0.3 is 7.85 Å². The maximum atomic E-state index is 3.91. The molecule has 2 nitrogen and oxygen atoms in total. The van der Waals surface area contributed by atoms with Gasteiger partial charge in [0.2, 0.25) is 0 Å². The van der Waals surface area contributed by atoms with Gasteiger partial charge in [-0.1, -0.05) is 78.9 Å². The molecule has 0 saturated heterocycles. The van der Waals surface area contributed by atoms with Gasteiger partial charge >= 0.3 is 0 Å². The predicted molar refractivity (Wildman–Crippen MR) is 165 cm³/mol. The summed E-state index contributed by atoms with van der Waals surface area (Å²) >= 11 is 7.66. The van der Waals surface area contributed by atoms with Crippen molar-refractivity contribution in [3.8, 4) is 33.4 Å². The third-order valence-corrected chi connectivity index (χ3v) is 9.02. The Morgan fingerprint density at radius 3 is 1.42 bits per heavy atom. The molecule has 0 saturated carbocycles. The molecule has 0 aliphatic carbocycles. The van der Waals surface area contributed by atoms with E-state index >= 15 is 0 Å². The highest BCUT2D eigenvalue weighted by atomic mass is 79.9. The largest absolute Gasteiger partial charge is 0.304 e. The molecule has 4 aromatic carbocycles. The van der Waals surface area contributed by atoms with Crippen LogP contribution in [0.25, 0.3) is 33.4 Å². The zero-order valence-electron chi connectivity index (χ0n) is 21.9. The molecular weight excluding hydrogens is 572 g/mol. The fraction of sp³-hybridized carbons (Fsp3) is 0.250. The summed E-state index contributed by atoms with van der Waals surface area (Å²) in [5, 5.41) is 0. The fourth-order valence-corrected chi connectivity index (χ4v) is 4.85. The minimum absolute atomic E-state index is 0.0227. The Morgan fingerprint density at radius 1 is 0.472 bits per heavy atom. The van der Waals surface area contributed by atoms with Crippen molar-refractivity contribution in [2.75, 3.05) is 7.85 Å². The molecule has 0 amide bonds. The van der Waals surface area contributed by atoms with Crippen molar-refractivity contribution in [2.45, 2.75) is 52.6 Å². The van der Waals surface area contributed by atoms with E-state index < -0.39 is 0 Å². The van der Waals surface area contributed by atoms with Crippen LogP contribution in [0.1, 0.15) is 41.5 Å². The van der Waals surface area contributed by atoms with Crippen molar-refractivity contribution < 1.29 is 0 Å². The highest BCUT2D eigenvalue weighted by Crippen LogP contribution is 2.47. The quantitative estimate of drug-likeness (QED) is 0.209. The fourth-order valence-electron chi connectivity index (χ4n) is 4.32. The SMILES string of the molecule is CC(C)(C)N(Br)c1ccc(-c2ccc(N(Br)C(C)(C)C)c(-c3ccccc3)c2-c2ccccc2)cc1. The lowest BCUT2D eigenvalue weighted by atomic mass is 9.86. The summed E-state index contributed by atoms with van der Waals surface area (Å²) < 4.78 is 4.33. The highest BCUT2D eigenvalue weighted by Gasteiger charge is 2.26. The van der Waals surface area contributed by atoms with E-state index in [1.165, 1.54) is 33.4 Å². The summed E-state index contributed by atoms with van der Waals surface area (Å²) in [5.41, 5.74) is 9.38. The summed E-state index contributed by atoms with van der Waals surface area (Å²) in [6.07, 6.45) is 0. The van der Waals surface area contributed by atoms with Gasteiger partial charge in [-0.05, 0) is 87.6 Å². The maximum Gasteiger partial charge on any atom is 0.0562 e. The van der Waals surface area contributed by atoms with Gasteiger partial charge in [-0.3, -0.25) is 0 Å². The van der Waals surface area contributed by atoms with Gasteiger partial charge in [0, 0.05) is 22.3 Å². The molecule has 0 spiro atoms. The third-order valence-electron chi connectivity index (χ3n) is 6.10. The summed E-state index contributed by atoms with van der Waals surface area (Å²) in [4.78, 5) is 0. The summed E-state index contributed by atoms with van der Waals surface area (Å²) in [6, 6.07) is 34.7. The van der Waals surface area contributed by atoms with Crippen LogP contribution in [-0.4, -0.2) is 11.1 Å². The Hall–Kier alpha value is -2.56. The molecule has 0 bridgehead atoms. The van der Waals surface area contributed by atoms with E-state index in [4.69, 9.17) is 0 Å². The Labute approximate surface area is 233 Å². The smallest absolute Gasteiger partial charge is 0.0562 e. The van der Waals surface area contributed by atoms with Crippen molar-refractivity contribution in [1.82, 2.24) is 0 Å². The van der Waals surface area contributed by atoms with Crippen molar-refractivity contribution in [3.63, 3.8) is 0 Å². The van der Waals surface area contributed by atoms with Crippen molar-refractivity contribution >= 4 is 43.7 Å². The molecule has 0 aromatic heterocycles. The van der Waals surface area contributed by atoms with Crippen LogP contribution in [-0.2, 0) is 0 Å². The van der Waals surface area contributed by atoms with Gasteiger partial charge in [0.25, 0.3) is 0 Å². The van der Waals surface area contributed by atoms with Gasteiger partial charge in [-0.25, -0.2) is 0 Å². The number of halogens is 2. The third kappa shape index (κ3) is 5.55. The van der Waals surface area contributed by atoms with Gasteiger partial charge in [0.05, 0.1) is 38.0 Å². The second-order valence-corrected chi connectivity index (χ2v) is 12.5. The molecule has 0 atom stereocenters. The Morgan fingerprint density at radius 2 is 0.944 bits per heavy atom. The lowest BCUT2D eigenvalue weighted by molar-refractivity contribution is 0.595. The maximum absolute atomic E-state index is 3.91. The molecule has 4 aromatic rings. The molecule has 186 valence electrons. The first-order valence-electron chi connectivity index (χ1n) is 12.3. The lowest BCUT2D eigenvalue weighted by Gasteiger charge is -2.34. The number of benzene rings is 4. The van der Waals surface area contributed by atoms with Crippen LogP contribution < -0.4 is 7.85 Å². The molecule has 0 N–H and O–H groups in total. The Kier molecular flexibility index (Phi) is 7.68. The first-order valence-corrected chi connectivity index (χ1v) is 13.7. The number of rotatable bonds is 5. The van der Waals surface area contributed by atoms with E-state index in [9.17, 15) is 0 Å². The molecule has 0 fully saturated rings. The van der Waals surface area contributed by atoms with Gasteiger partial charge in [-0.15, -0.1) is 0 Å². The Balaban J connectivity index is 2.00. The van der Waals surface area contributed by atoms with Crippen LogP contribution >= 0.6 is 32.3 Å². The summed E-state index contributed by atoms with van der Waals surface area (Å²) in [5.74, 6) is 0. The number of hydrogen-bond donors (Lipinski definition) is 0. The van der Waals surface area contributed by atoms with Crippen LogP contribution in [0.2, 0.25) is 0 Å². The molecule has 36 heavy (non-hydrogen) atoms. The second-order valence-electron chi connectivity index (χ2n) is 11.1. The average molecular weight is 606 g/mol. The molecular formula is C32H34Br2N2. The number of nitrogens with zero attached hydrogens (tertiary/aromatic N) is 2. The van der Waals surface area contributed by atoms with Crippen LogP contribution in [0.3, 0.4) is 0 Å². The lowest BCUT2D eigenvalue weighted by Crippen LogP contribution is -2.33. The second kappa shape index (κ2) is 10.4. The van der Waals surface area contributed by atoms with Crippen molar-refractivity contribution in [1.29, 1.82) is 0 Å². The molecule has 4 heteroatoms. The first kappa shape index (κ1) is 26.5. The standard InChI is InChI=1S/C32H34Br2N2/c1-31(2,3)35(33)26-19-17-23(18-20-26)27-21-22-28(36(34)32(4,5)6)30(25-15-11-8-12-16-25)29(27)24-13-9-7-10-14-24/h7-22H,1-6H3. The van der Waals surface area contributed by atoms with Gasteiger partial charge in [0.1, 0.15) is 0 Å². The number of anilines is 2. The van der Waals surface area contributed by atoms with Crippen LogP contribution in [0, 0.1) is 0 Å².